The van der Waals surface area contributed by atoms with Gasteiger partial charge in [0.25, 0.3) is 5.91 Å². The largest absolute Gasteiger partial charge is 0.507 e. The molecule has 0 saturated heterocycles. The SMILES string of the molecule is CCNCCNc1ccc2c(c1)CN(C(=O)c1cc(C(C)C)ccc1O)C2. The molecule has 5 heteroatoms. The van der Waals surface area contributed by atoms with Gasteiger partial charge in [0.2, 0.25) is 0 Å². The van der Waals surface area contributed by atoms with Gasteiger partial charge in [-0.1, -0.05) is 32.9 Å². The fourth-order valence-electron chi connectivity index (χ4n) is 3.37. The summed E-state index contributed by atoms with van der Waals surface area (Å²) in [5.41, 5.74) is 4.85. The molecule has 0 atom stereocenters. The molecule has 2 aromatic rings. The molecule has 1 heterocycles. The Morgan fingerprint density at radius 3 is 2.63 bits per heavy atom. The number of nitrogens with one attached hydrogen (secondary N) is 2. The summed E-state index contributed by atoms with van der Waals surface area (Å²) in [6, 6.07) is 11.6. The molecular weight excluding hydrogens is 338 g/mol. The van der Waals surface area contributed by atoms with E-state index in [9.17, 15) is 9.90 Å². The van der Waals surface area contributed by atoms with Crippen LogP contribution in [0.3, 0.4) is 0 Å². The van der Waals surface area contributed by atoms with Crippen LogP contribution in [0.15, 0.2) is 36.4 Å². The van der Waals surface area contributed by atoms with Crippen molar-refractivity contribution in [1.29, 1.82) is 0 Å². The van der Waals surface area contributed by atoms with Crippen LogP contribution in [0.1, 0.15) is 53.7 Å². The lowest BCUT2D eigenvalue weighted by atomic mass is 10.00. The molecule has 0 unspecified atom stereocenters. The summed E-state index contributed by atoms with van der Waals surface area (Å²) in [6.45, 7) is 10.2. The van der Waals surface area contributed by atoms with Crippen molar-refractivity contribution in [1.82, 2.24) is 10.2 Å². The third-order valence-corrected chi connectivity index (χ3v) is 5.01. The lowest BCUT2D eigenvalue weighted by Gasteiger charge is -2.17. The van der Waals surface area contributed by atoms with Gasteiger partial charge in [0.15, 0.2) is 0 Å². The summed E-state index contributed by atoms with van der Waals surface area (Å²) >= 11 is 0. The first kappa shape index (κ1) is 19.2. The van der Waals surface area contributed by atoms with E-state index in [0.717, 1.165) is 36.4 Å². The highest BCUT2D eigenvalue weighted by Crippen LogP contribution is 2.30. The molecule has 1 aliphatic heterocycles. The Bertz CT molecular complexity index is 817. The van der Waals surface area contributed by atoms with Crippen LogP contribution >= 0.6 is 0 Å². The van der Waals surface area contributed by atoms with Crippen LogP contribution in [0.2, 0.25) is 0 Å². The van der Waals surface area contributed by atoms with Crippen molar-refractivity contribution < 1.29 is 9.90 Å². The van der Waals surface area contributed by atoms with Gasteiger partial charge in [-0.2, -0.15) is 0 Å². The summed E-state index contributed by atoms with van der Waals surface area (Å²) < 4.78 is 0. The highest BCUT2D eigenvalue weighted by molar-refractivity contribution is 5.97. The van der Waals surface area contributed by atoms with Gasteiger partial charge in [-0.25, -0.2) is 0 Å². The Labute approximate surface area is 161 Å². The van der Waals surface area contributed by atoms with Crippen molar-refractivity contribution in [2.75, 3.05) is 25.0 Å². The standard InChI is InChI=1S/C22H29N3O2/c1-4-23-9-10-24-19-7-5-17-13-25(14-18(17)11-19)22(27)20-12-16(15(2)3)6-8-21(20)26/h5-8,11-12,15,23-24,26H,4,9-10,13-14H2,1-3H3. The fraction of sp³-hybridized carbons (Fsp3) is 0.409. The Morgan fingerprint density at radius 2 is 1.89 bits per heavy atom. The number of amides is 1. The van der Waals surface area contributed by atoms with Crippen LogP contribution in [0.25, 0.3) is 0 Å². The molecule has 2 aromatic carbocycles. The number of aromatic hydroxyl groups is 1. The molecule has 0 bridgehead atoms. The van der Waals surface area contributed by atoms with Crippen molar-refractivity contribution in [3.8, 4) is 5.75 Å². The van der Waals surface area contributed by atoms with Crippen molar-refractivity contribution >= 4 is 11.6 Å². The molecule has 27 heavy (non-hydrogen) atoms. The Hall–Kier alpha value is -2.53. The molecule has 5 nitrogen and oxygen atoms in total. The molecule has 144 valence electrons. The fourth-order valence-corrected chi connectivity index (χ4v) is 3.37. The predicted molar refractivity (Wildman–Crippen MR) is 109 cm³/mol. The van der Waals surface area contributed by atoms with Crippen molar-refractivity contribution in [2.24, 2.45) is 0 Å². The van der Waals surface area contributed by atoms with E-state index in [1.165, 1.54) is 5.56 Å². The average Bonchev–Trinajstić information content (AvgIpc) is 3.08. The summed E-state index contributed by atoms with van der Waals surface area (Å²) in [4.78, 5) is 14.8. The topological polar surface area (TPSA) is 64.6 Å². The molecule has 1 aliphatic rings. The normalized spacial score (nSPS) is 13.1. The second-order valence-electron chi connectivity index (χ2n) is 7.36. The number of hydrogen-bond donors (Lipinski definition) is 3. The molecule has 0 fully saturated rings. The maximum atomic E-state index is 13.0. The van der Waals surface area contributed by atoms with E-state index in [4.69, 9.17) is 0 Å². The van der Waals surface area contributed by atoms with Crippen LogP contribution in [0, 0.1) is 0 Å². The molecule has 3 N–H and O–H groups in total. The zero-order valence-corrected chi connectivity index (χ0v) is 16.4. The first-order valence-corrected chi connectivity index (χ1v) is 9.68. The van der Waals surface area contributed by atoms with E-state index in [1.807, 2.05) is 12.1 Å². The number of phenols is 1. The van der Waals surface area contributed by atoms with Gasteiger partial charge in [-0.05, 0) is 53.4 Å². The maximum Gasteiger partial charge on any atom is 0.258 e. The van der Waals surface area contributed by atoms with E-state index in [0.29, 0.717) is 24.6 Å². The molecule has 0 saturated carbocycles. The van der Waals surface area contributed by atoms with Crippen LogP contribution in [-0.4, -0.2) is 35.5 Å². The number of anilines is 1. The predicted octanol–water partition coefficient (Wildman–Crippen LogP) is 3.69. The highest BCUT2D eigenvalue weighted by Gasteiger charge is 2.26. The zero-order chi connectivity index (χ0) is 19.4. The minimum absolute atomic E-state index is 0.0473. The molecule has 0 spiro atoms. The second kappa shape index (κ2) is 8.44. The Kier molecular flexibility index (Phi) is 6.01. The molecule has 1 amide bonds. The molecule has 0 aliphatic carbocycles. The average molecular weight is 367 g/mol. The minimum Gasteiger partial charge on any atom is -0.507 e. The van der Waals surface area contributed by atoms with E-state index in [-0.39, 0.29) is 11.7 Å². The summed E-state index contributed by atoms with van der Waals surface area (Å²) in [5, 5.41) is 16.9. The zero-order valence-electron chi connectivity index (χ0n) is 16.4. The van der Waals surface area contributed by atoms with Crippen molar-refractivity contribution in [3.63, 3.8) is 0 Å². The first-order chi connectivity index (χ1) is 13.0. The summed E-state index contributed by atoms with van der Waals surface area (Å²) in [5.74, 6) is 0.239. The quantitative estimate of drug-likeness (QED) is 0.653. The molecule has 0 aromatic heterocycles. The molecule has 3 rings (SSSR count). The van der Waals surface area contributed by atoms with Crippen molar-refractivity contribution in [3.05, 3.63) is 58.7 Å². The highest BCUT2D eigenvalue weighted by atomic mass is 16.3. The van der Waals surface area contributed by atoms with Gasteiger partial charge >= 0.3 is 0 Å². The number of carbonyl (C=O) groups is 1. The van der Waals surface area contributed by atoms with E-state index >= 15 is 0 Å². The van der Waals surface area contributed by atoms with Crippen LogP contribution in [-0.2, 0) is 13.1 Å². The van der Waals surface area contributed by atoms with E-state index in [2.05, 4.69) is 49.6 Å². The minimum atomic E-state index is -0.118. The first-order valence-electron chi connectivity index (χ1n) is 9.68. The Morgan fingerprint density at radius 1 is 1.11 bits per heavy atom. The maximum absolute atomic E-state index is 13.0. The van der Waals surface area contributed by atoms with Gasteiger partial charge in [-0.15, -0.1) is 0 Å². The van der Waals surface area contributed by atoms with Gasteiger partial charge in [-0.3, -0.25) is 4.79 Å². The number of benzene rings is 2. The molecular formula is C22H29N3O2. The van der Waals surface area contributed by atoms with Crippen LogP contribution in [0.5, 0.6) is 5.75 Å². The third-order valence-electron chi connectivity index (χ3n) is 5.01. The molecule has 0 radical (unpaired) electrons. The number of fused-ring (bicyclic) bond motifs is 1. The lowest BCUT2D eigenvalue weighted by molar-refractivity contribution is 0.0748. The summed E-state index contributed by atoms with van der Waals surface area (Å²) in [6.07, 6.45) is 0. The monoisotopic (exact) mass is 367 g/mol. The second-order valence-corrected chi connectivity index (χ2v) is 7.36. The Balaban J connectivity index is 1.70. The third kappa shape index (κ3) is 4.42. The smallest absolute Gasteiger partial charge is 0.258 e. The van der Waals surface area contributed by atoms with Crippen LogP contribution in [0.4, 0.5) is 5.69 Å². The van der Waals surface area contributed by atoms with Gasteiger partial charge in [0, 0.05) is 31.9 Å². The van der Waals surface area contributed by atoms with Crippen molar-refractivity contribution in [2.45, 2.75) is 39.8 Å². The summed E-state index contributed by atoms with van der Waals surface area (Å²) in [7, 11) is 0. The van der Waals surface area contributed by atoms with Gasteiger partial charge in [0.05, 0.1) is 5.56 Å². The van der Waals surface area contributed by atoms with Crippen LogP contribution < -0.4 is 10.6 Å². The number of hydrogen-bond acceptors (Lipinski definition) is 4. The number of carbonyl (C=O) groups excluding carboxylic acids is 1. The number of likely N-dealkylation sites (N-methyl/N-ethyl adjacent to an activating group) is 1. The van der Waals surface area contributed by atoms with Gasteiger partial charge in [0.1, 0.15) is 5.75 Å². The van der Waals surface area contributed by atoms with E-state index < -0.39 is 0 Å². The number of nitrogens with zero attached hydrogens (tertiary/aromatic N) is 1. The van der Waals surface area contributed by atoms with E-state index in [1.54, 1.807) is 11.0 Å². The number of phenolic OH excluding ortho intramolecular Hbond substituents is 1. The van der Waals surface area contributed by atoms with Gasteiger partial charge < -0.3 is 20.6 Å². The number of rotatable bonds is 7. The lowest BCUT2D eigenvalue weighted by Crippen LogP contribution is -2.25.